The van der Waals surface area contributed by atoms with Crippen molar-refractivity contribution in [2.45, 2.75) is 19.1 Å². The number of benzene rings is 2. The molecular weight excluding hydrogens is 345 g/mol. The highest BCUT2D eigenvalue weighted by Gasteiger charge is 2.35. The summed E-state index contributed by atoms with van der Waals surface area (Å²) in [5.41, 5.74) is 0.332. The van der Waals surface area contributed by atoms with E-state index in [9.17, 15) is 22.8 Å². The first-order chi connectivity index (χ1) is 12.3. The van der Waals surface area contributed by atoms with Crippen LogP contribution in [0.1, 0.15) is 17.5 Å². The first kappa shape index (κ1) is 18.0. The first-order valence-corrected chi connectivity index (χ1v) is 8.14. The molecule has 0 aromatic heterocycles. The number of amides is 2. The van der Waals surface area contributed by atoms with E-state index < -0.39 is 17.7 Å². The minimum atomic E-state index is -4.42. The summed E-state index contributed by atoms with van der Waals surface area (Å²) in [6.45, 7) is 0.246. The number of halogens is 3. The Hall–Kier alpha value is -2.83. The molecule has 26 heavy (non-hydrogen) atoms. The van der Waals surface area contributed by atoms with Crippen LogP contribution >= 0.6 is 0 Å². The summed E-state index contributed by atoms with van der Waals surface area (Å²) in [6.07, 6.45) is -4.34. The average Bonchev–Trinajstić information content (AvgIpc) is 3.02. The van der Waals surface area contributed by atoms with Gasteiger partial charge in [-0.2, -0.15) is 13.2 Å². The quantitative estimate of drug-likeness (QED) is 0.907. The van der Waals surface area contributed by atoms with Gasteiger partial charge in [0.1, 0.15) is 0 Å². The minimum Gasteiger partial charge on any atom is -0.352 e. The van der Waals surface area contributed by atoms with E-state index in [1.54, 1.807) is 17.0 Å². The summed E-state index contributed by atoms with van der Waals surface area (Å²) >= 11 is 0. The highest BCUT2D eigenvalue weighted by Crippen LogP contribution is 2.29. The van der Waals surface area contributed by atoms with Crippen LogP contribution in [0.3, 0.4) is 0 Å². The predicted octanol–water partition coefficient (Wildman–Crippen LogP) is 3.37. The van der Waals surface area contributed by atoms with Gasteiger partial charge in [-0.3, -0.25) is 9.59 Å². The third-order valence-electron chi connectivity index (χ3n) is 4.28. The topological polar surface area (TPSA) is 49.4 Å². The van der Waals surface area contributed by atoms with Crippen LogP contribution in [0.4, 0.5) is 18.9 Å². The van der Waals surface area contributed by atoms with Crippen molar-refractivity contribution >= 4 is 17.5 Å². The molecule has 3 rings (SSSR count). The molecule has 2 aromatic carbocycles. The highest BCUT2D eigenvalue weighted by molar-refractivity contribution is 6.00. The number of rotatable bonds is 4. The number of nitrogens with zero attached hydrogens (tertiary/aromatic N) is 1. The van der Waals surface area contributed by atoms with E-state index >= 15 is 0 Å². The second-order valence-electron chi connectivity index (χ2n) is 6.16. The highest BCUT2D eigenvalue weighted by atomic mass is 19.4. The van der Waals surface area contributed by atoms with Crippen molar-refractivity contribution in [1.82, 2.24) is 5.32 Å². The van der Waals surface area contributed by atoms with Gasteiger partial charge in [-0.15, -0.1) is 0 Å². The van der Waals surface area contributed by atoms with E-state index in [4.69, 9.17) is 0 Å². The Morgan fingerprint density at radius 1 is 1.12 bits per heavy atom. The summed E-state index contributed by atoms with van der Waals surface area (Å²) in [4.78, 5) is 26.0. The van der Waals surface area contributed by atoms with E-state index in [1.807, 2.05) is 18.2 Å². The van der Waals surface area contributed by atoms with E-state index in [0.29, 0.717) is 5.56 Å². The van der Waals surface area contributed by atoms with E-state index in [0.717, 1.165) is 17.8 Å². The summed E-state index contributed by atoms with van der Waals surface area (Å²) in [5.74, 6) is -1.00. The molecule has 0 aliphatic carbocycles. The monoisotopic (exact) mass is 362 g/mol. The van der Waals surface area contributed by atoms with Gasteiger partial charge < -0.3 is 10.2 Å². The molecule has 0 bridgehead atoms. The van der Waals surface area contributed by atoms with Crippen LogP contribution < -0.4 is 10.2 Å². The van der Waals surface area contributed by atoms with Gasteiger partial charge >= 0.3 is 6.18 Å². The molecule has 4 nitrogen and oxygen atoms in total. The van der Waals surface area contributed by atoms with Crippen LogP contribution in [0.2, 0.25) is 0 Å². The molecule has 2 amide bonds. The second-order valence-corrected chi connectivity index (χ2v) is 6.16. The summed E-state index contributed by atoms with van der Waals surface area (Å²) < 4.78 is 38.2. The number of anilines is 1. The Balaban J connectivity index is 1.60. The maximum atomic E-state index is 12.7. The van der Waals surface area contributed by atoms with Crippen molar-refractivity contribution in [2.75, 3.05) is 11.4 Å². The molecule has 1 aliphatic heterocycles. The van der Waals surface area contributed by atoms with Gasteiger partial charge in [0.25, 0.3) is 0 Å². The molecule has 1 heterocycles. The molecule has 136 valence electrons. The molecule has 1 saturated heterocycles. The van der Waals surface area contributed by atoms with Gasteiger partial charge in [0, 0.05) is 25.2 Å². The van der Waals surface area contributed by atoms with Gasteiger partial charge in [0.2, 0.25) is 11.8 Å². The fourth-order valence-electron chi connectivity index (χ4n) is 2.93. The van der Waals surface area contributed by atoms with Crippen LogP contribution in [-0.2, 0) is 22.3 Å². The number of para-hydroxylation sites is 1. The third kappa shape index (κ3) is 4.04. The second kappa shape index (κ2) is 7.19. The van der Waals surface area contributed by atoms with Gasteiger partial charge in [0.05, 0.1) is 11.5 Å². The number of hydrogen-bond acceptors (Lipinski definition) is 2. The molecule has 0 saturated carbocycles. The van der Waals surface area contributed by atoms with Gasteiger partial charge in [0.15, 0.2) is 0 Å². The first-order valence-electron chi connectivity index (χ1n) is 8.14. The van der Waals surface area contributed by atoms with E-state index in [1.165, 1.54) is 12.1 Å². The number of carbonyl (C=O) groups excluding carboxylic acids is 2. The largest absolute Gasteiger partial charge is 0.416 e. The Kier molecular flexibility index (Phi) is 4.97. The molecule has 2 aromatic rings. The molecule has 0 spiro atoms. The normalized spacial score (nSPS) is 17.4. The third-order valence-corrected chi connectivity index (χ3v) is 4.28. The summed E-state index contributed by atoms with van der Waals surface area (Å²) in [5, 5.41) is 2.63. The smallest absolute Gasteiger partial charge is 0.352 e. The number of alkyl halides is 3. The zero-order valence-electron chi connectivity index (χ0n) is 13.8. The Bertz CT molecular complexity index is 806. The lowest BCUT2D eigenvalue weighted by atomic mass is 10.1. The maximum absolute atomic E-state index is 12.7. The lowest BCUT2D eigenvalue weighted by molar-refractivity contribution is -0.137. The van der Waals surface area contributed by atoms with Crippen LogP contribution in [0.15, 0.2) is 54.6 Å². The Labute approximate surface area is 148 Å². The van der Waals surface area contributed by atoms with Gasteiger partial charge in [-0.05, 0) is 29.8 Å². The zero-order chi connectivity index (χ0) is 18.7. The van der Waals surface area contributed by atoms with Gasteiger partial charge in [-0.25, -0.2) is 0 Å². The molecule has 0 unspecified atom stereocenters. The summed E-state index contributed by atoms with van der Waals surface area (Å²) in [6, 6.07) is 13.9. The molecule has 1 fully saturated rings. The lowest BCUT2D eigenvalue weighted by Crippen LogP contribution is -2.32. The van der Waals surface area contributed by atoms with Crippen LogP contribution in [-0.4, -0.2) is 18.4 Å². The average molecular weight is 362 g/mol. The predicted molar refractivity (Wildman–Crippen MR) is 90.2 cm³/mol. The number of nitrogens with one attached hydrogen (secondary N) is 1. The molecule has 0 radical (unpaired) electrons. The van der Waals surface area contributed by atoms with Crippen LogP contribution in [0.25, 0.3) is 0 Å². The van der Waals surface area contributed by atoms with Crippen molar-refractivity contribution < 1.29 is 22.8 Å². The van der Waals surface area contributed by atoms with Gasteiger partial charge in [-0.1, -0.05) is 30.3 Å². The van der Waals surface area contributed by atoms with E-state index in [2.05, 4.69) is 5.32 Å². The van der Waals surface area contributed by atoms with Crippen molar-refractivity contribution in [3.8, 4) is 0 Å². The van der Waals surface area contributed by atoms with Crippen molar-refractivity contribution in [3.05, 3.63) is 65.7 Å². The zero-order valence-corrected chi connectivity index (χ0v) is 13.8. The molecule has 1 atom stereocenters. The summed E-state index contributed by atoms with van der Waals surface area (Å²) in [7, 11) is 0. The maximum Gasteiger partial charge on any atom is 0.416 e. The SMILES string of the molecule is O=C(NCc1cccc(C(F)(F)F)c1)[C@@H]1CC(=O)N(c2ccccc2)C1. The van der Waals surface area contributed by atoms with Crippen LogP contribution in [0.5, 0.6) is 0 Å². The van der Waals surface area contributed by atoms with Crippen molar-refractivity contribution in [1.29, 1.82) is 0 Å². The molecule has 1 N–H and O–H groups in total. The Morgan fingerprint density at radius 2 is 1.85 bits per heavy atom. The minimum absolute atomic E-state index is 0.0151. The number of carbonyl (C=O) groups is 2. The molecule has 7 heteroatoms. The van der Waals surface area contributed by atoms with Crippen LogP contribution in [0, 0.1) is 5.92 Å². The van der Waals surface area contributed by atoms with E-state index in [-0.39, 0.29) is 31.3 Å². The standard InChI is InChI=1S/C19H17F3N2O2/c20-19(21,22)15-6-4-5-13(9-15)11-23-18(26)14-10-17(25)24(12-14)16-7-2-1-3-8-16/h1-9,14H,10-12H2,(H,23,26)/t14-/m1/s1. The van der Waals surface area contributed by atoms with Crippen molar-refractivity contribution in [2.24, 2.45) is 5.92 Å². The number of hydrogen-bond donors (Lipinski definition) is 1. The fourth-order valence-corrected chi connectivity index (χ4v) is 2.93. The fraction of sp³-hybridized carbons (Fsp3) is 0.263. The lowest BCUT2D eigenvalue weighted by Gasteiger charge is -2.16. The molecule has 1 aliphatic rings. The Morgan fingerprint density at radius 3 is 2.54 bits per heavy atom. The van der Waals surface area contributed by atoms with Crippen molar-refractivity contribution in [3.63, 3.8) is 0 Å². The molecular formula is C19H17F3N2O2.